The van der Waals surface area contributed by atoms with E-state index in [0.29, 0.717) is 0 Å². The highest BCUT2D eigenvalue weighted by atomic mass is 31.2. The van der Waals surface area contributed by atoms with Gasteiger partial charge in [-0.1, -0.05) is 0 Å². The minimum absolute atomic E-state index is 0.0128. The third kappa shape index (κ3) is 8.32. The first-order valence-electron chi connectivity index (χ1n) is 9.53. The van der Waals surface area contributed by atoms with Crippen LogP contribution >= 0.6 is 15.2 Å². The third-order valence-corrected chi connectivity index (χ3v) is 8.44. The van der Waals surface area contributed by atoms with Crippen molar-refractivity contribution >= 4 is 27.1 Å². The van der Waals surface area contributed by atoms with Gasteiger partial charge in [0.1, 0.15) is 0 Å². The van der Waals surface area contributed by atoms with E-state index in [1.165, 1.54) is 0 Å². The summed E-state index contributed by atoms with van der Waals surface area (Å²) in [5.74, 6) is -3.60. The molecule has 0 atom stereocenters. The van der Waals surface area contributed by atoms with Gasteiger partial charge in [0.15, 0.2) is 11.0 Å². The normalized spacial score (nSPS) is 12.0. The zero-order chi connectivity index (χ0) is 22.5. The van der Waals surface area contributed by atoms with Gasteiger partial charge in [-0.15, -0.1) is 0 Å². The van der Waals surface area contributed by atoms with Crippen molar-refractivity contribution in [2.75, 3.05) is 39.6 Å². The molecule has 0 fully saturated rings. The summed E-state index contributed by atoms with van der Waals surface area (Å²) in [5, 5.41) is -0.538. The zero-order valence-corrected chi connectivity index (χ0v) is 19.7. The van der Waals surface area contributed by atoms with Crippen molar-refractivity contribution in [1.82, 2.24) is 0 Å². The summed E-state index contributed by atoms with van der Waals surface area (Å²) in [5.41, 5.74) is 0. The van der Waals surface area contributed by atoms with Crippen molar-refractivity contribution in [3.05, 3.63) is 11.1 Å². The number of carbonyl (C=O) groups is 2. The van der Waals surface area contributed by atoms with Crippen LogP contribution in [0.4, 0.5) is 0 Å². The van der Waals surface area contributed by atoms with E-state index in [2.05, 4.69) is 0 Å². The summed E-state index contributed by atoms with van der Waals surface area (Å²) < 4.78 is 57.9. The second kappa shape index (κ2) is 14.1. The number of ether oxygens (including phenoxy) is 2. The second-order valence-corrected chi connectivity index (χ2v) is 9.51. The molecule has 0 aromatic rings. The Morgan fingerprint density at radius 1 is 0.655 bits per heavy atom. The molecule has 0 heterocycles. The SMILES string of the molecule is CCOC(=O)C(C=C(P(=O)(OCC)OCC)P(=O)(OCC)OCC)C(=O)OCC. The van der Waals surface area contributed by atoms with Gasteiger partial charge in [0.2, 0.25) is 0 Å². The van der Waals surface area contributed by atoms with Crippen LogP contribution in [0.2, 0.25) is 0 Å². The molecule has 12 heteroatoms. The number of esters is 2. The van der Waals surface area contributed by atoms with Crippen molar-refractivity contribution < 1.29 is 46.3 Å². The molecule has 0 aromatic heterocycles. The zero-order valence-electron chi connectivity index (χ0n) is 17.9. The van der Waals surface area contributed by atoms with Crippen LogP contribution < -0.4 is 0 Å². The Bertz CT molecular complexity index is 576. The lowest BCUT2D eigenvalue weighted by molar-refractivity contribution is -0.158. The molecule has 0 N–H and O–H groups in total. The molecule has 29 heavy (non-hydrogen) atoms. The first-order valence-corrected chi connectivity index (χ1v) is 12.6. The van der Waals surface area contributed by atoms with Gasteiger partial charge in [0.25, 0.3) is 0 Å². The van der Waals surface area contributed by atoms with Crippen molar-refractivity contribution in [3.8, 4) is 0 Å². The molecule has 0 saturated heterocycles. The third-order valence-electron chi connectivity index (χ3n) is 3.15. The van der Waals surface area contributed by atoms with Gasteiger partial charge in [0.05, 0.1) is 39.6 Å². The molecule has 0 aromatic carbocycles. The van der Waals surface area contributed by atoms with Crippen LogP contribution in [0.1, 0.15) is 41.5 Å². The summed E-state index contributed by atoms with van der Waals surface area (Å²) in [6, 6.07) is 0. The number of hydrogen-bond donors (Lipinski definition) is 0. The Morgan fingerprint density at radius 3 is 1.21 bits per heavy atom. The van der Waals surface area contributed by atoms with Crippen LogP contribution in [0.5, 0.6) is 0 Å². The summed E-state index contributed by atoms with van der Waals surface area (Å²) in [7, 11) is -8.50. The largest absolute Gasteiger partial charge is 0.465 e. The maximum absolute atomic E-state index is 13.5. The van der Waals surface area contributed by atoms with Crippen LogP contribution in [0.25, 0.3) is 0 Å². The van der Waals surface area contributed by atoms with Gasteiger partial charge in [-0.25, -0.2) is 0 Å². The molecule has 0 rings (SSSR count). The lowest BCUT2D eigenvalue weighted by Crippen LogP contribution is -2.27. The fourth-order valence-electron chi connectivity index (χ4n) is 2.20. The Balaban J connectivity index is 6.75. The van der Waals surface area contributed by atoms with E-state index >= 15 is 0 Å². The molecular weight excluding hydrogens is 426 g/mol. The van der Waals surface area contributed by atoms with Crippen LogP contribution in [-0.4, -0.2) is 51.6 Å². The van der Waals surface area contributed by atoms with Crippen molar-refractivity contribution in [2.45, 2.75) is 41.5 Å². The van der Waals surface area contributed by atoms with Gasteiger partial charge < -0.3 is 27.6 Å². The molecule has 0 aliphatic rings. The molecule has 0 aliphatic heterocycles. The van der Waals surface area contributed by atoms with Gasteiger partial charge in [-0.3, -0.25) is 18.7 Å². The van der Waals surface area contributed by atoms with Crippen LogP contribution in [0, 0.1) is 5.92 Å². The van der Waals surface area contributed by atoms with Crippen LogP contribution in [-0.2, 0) is 46.3 Å². The predicted octanol–water partition coefficient (Wildman–Crippen LogP) is 4.10. The molecule has 0 radical (unpaired) electrons. The van der Waals surface area contributed by atoms with E-state index < -0.39 is 38.1 Å². The highest BCUT2D eigenvalue weighted by molar-refractivity contribution is 7.78. The summed E-state index contributed by atoms with van der Waals surface area (Å²) in [6.45, 7) is 9.09. The Labute approximate surface area is 172 Å². The quantitative estimate of drug-likeness (QED) is 0.201. The second-order valence-electron chi connectivity index (χ2n) is 5.17. The lowest BCUT2D eigenvalue weighted by Gasteiger charge is -2.26. The first-order chi connectivity index (χ1) is 13.7. The van der Waals surface area contributed by atoms with E-state index in [0.717, 1.165) is 6.08 Å². The lowest BCUT2D eigenvalue weighted by atomic mass is 10.1. The van der Waals surface area contributed by atoms with E-state index in [1.54, 1.807) is 41.5 Å². The van der Waals surface area contributed by atoms with Gasteiger partial charge >= 0.3 is 27.1 Å². The summed E-state index contributed by atoms with van der Waals surface area (Å²) in [4.78, 5) is 24.7. The van der Waals surface area contributed by atoms with Crippen LogP contribution in [0.15, 0.2) is 11.1 Å². The molecule has 0 aliphatic carbocycles. The highest BCUT2D eigenvalue weighted by Crippen LogP contribution is 2.74. The van der Waals surface area contributed by atoms with E-state index in [9.17, 15) is 18.7 Å². The standard InChI is InChI=1S/C17H32O10P2/c1-7-22-16(18)14(17(19)23-8-2)13-15(28(20,24-9-3)25-10-4)29(21,26-11-5)27-12-6/h13-14H,7-12H2,1-6H3. The smallest absolute Gasteiger partial charge is 0.369 e. The molecule has 0 bridgehead atoms. The fourth-order valence-corrected chi connectivity index (χ4v) is 6.79. The average molecular weight is 458 g/mol. The molecule has 0 unspecified atom stereocenters. The minimum atomic E-state index is -4.25. The van der Waals surface area contributed by atoms with Crippen molar-refractivity contribution in [3.63, 3.8) is 0 Å². The Morgan fingerprint density at radius 2 is 0.966 bits per heavy atom. The predicted molar refractivity (Wildman–Crippen MR) is 107 cm³/mol. The molecule has 10 nitrogen and oxygen atoms in total. The Kier molecular flexibility index (Phi) is 13.6. The Hall–Kier alpha value is -1.02. The van der Waals surface area contributed by atoms with Gasteiger partial charge in [-0.05, 0) is 47.6 Å². The number of carbonyl (C=O) groups excluding carboxylic acids is 2. The molecule has 0 spiro atoms. The molecular formula is C17H32O10P2. The van der Waals surface area contributed by atoms with E-state index in [-0.39, 0.29) is 39.6 Å². The molecule has 0 saturated carbocycles. The van der Waals surface area contributed by atoms with Gasteiger partial charge in [-0.2, -0.15) is 0 Å². The highest BCUT2D eigenvalue weighted by Gasteiger charge is 2.47. The van der Waals surface area contributed by atoms with Crippen molar-refractivity contribution in [1.29, 1.82) is 0 Å². The first kappa shape index (κ1) is 28.0. The molecule has 170 valence electrons. The fraction of sp³-hybridized carbons (Fsp3) is 0.765. The van der Waals surface area contributed by atoms with Crippen LogP contribution in [0.3, 0.4) is 0 Å². The van der Waals surface area contributed by atoms with E-state index in [4.69, 9.17) is 27.6 Å². The average Bonchev–Trinajstić information content (AvgIpc) is 2.63. The maximum atomic E-state index is 13.5. The molecule has 0 amide bonds. The topological polar surface area (TPSA) is 124 Å². The summed E-state index contributed by atoms with van der Waals surface area (Å²) >= 11 is 0. The summed E-state index contributed by atoms with van der Waals surface area (Å²) in [6.07, 6.45) is 0.897. The van der Waals surface area contributed by atoms with Gasteiger partial charge in [0, 0.05) is 0 Å². The van der Waals surface area contributed by atoms with Crippen molar-refractivity contribution in [2.24, 2.45) is 5.92 Å². The monoisotopic (exact) mass is 458 g/mol. The number of rotatable bonds is 15. The number of hydrogen-bond acceptors (Lipinski definition) is 10. The van der Waals surface area contributed by atoms with E-state index in [1.807, 2.05) is 0 Å². The minimum Gasteiger partial charge on any atom is -0.465 e. The maximum Gasteiger partial charge on any atom is 0.369 e.